The second kappa shape index (κ2) is 13.2. The van der Waals surface area contributed by atoms with Gasteiger partial charge in [0.05, 0.1) is 0 Å². The Balaban J connectivity index is 3.45. The summed E-state index contributed by atoms with van der Waals surface area (Å²) in [5.41, 5.74) is 0. The van der Waals surface area contributed by atoms with Crippen LogP contribution in [0.1, 0.15) is 13.8 Å². The molecule has 0 aliphatic carbocycles. The molecular weight excluding hydrogens is 200 g/mol. The van der Waals surface area contributed by atoms with Crippen molar-refractivity contribution in [3.05, 3.63) is 0 Å². The van der Waals surface area contributed by atoms with Gasteiger partial charge in [-0.2, -0.15) is 0 Å². The molecule has 0 radical (unpaired) electrons. The molecule has 0 spiro atoms. The molecule has 0 rings (SSSR count). The molecular formula is C14H14O2. The zero-order valence-electron chi connectivity index (χ0n) is 9.64. The van der Waals surface area contributed by atoms with E-state index >= 15 is 0 Å². The molecule has 0 aromatic rings. The maximum absolute atomic E-state index is 5.07. The summed E-state index contributed by atoms with van der Waals surface area (Å²) >= 11 is 0. The van der Waals surface area contributed by atoms with Crippen LogP contribution in [0.5, 0.6) is 0 Å². The van der Waals surface area contributed by atoms with E-state index in [1.54, 1.807) is 13.8 Å². The van der Waals surface area contributed by atoms with E-state index in [1.165, 1.54) is 0 Å². The molecule has 0 unspecified atom stereocenters. The first kappa shape index (κ1) is 14.2. The molecule has 16 heavy (non-hydrogen) atoms. The Morgan fingerprint density at radius 2 is 1.00 bits per heavy atom. The lowest BCUT2D eigenvalue weighted by Gasteiger charge is -1.88. The Morgan fingerprint density at radius 3 is 1.38 bits per heavy atom. The quantitative estimate of drug-likeness (QED) is 0.515. The van der Waals surface area contributed by atoms with Crippen molar-refractivity contribution in [1.82, 2.24) is 0 Å². The average Bonchev–Trinajstić information content (AvgIpc) is 2.31. The van der Waals surface area contributed by atoms with Gasteiger partial charge in [0, 0.05) is 0 Å². The van der Waals surface area contributed by atoms with Crippen LogP contribution in [0.4, 0.5) is 0 Å². The van der Waals surface area contributed by atoms with E-state index in [0.717, 1.165) is 0 Å². The molecule has 0 saturated heterocycles. The molecule has 2 heteroatoms. The summed E-state index contributed by atoms with van der Waals surface area (Å²) in [6.45, 7) is 5.07. The van der Waals surface area contributed by atoms with Crippen molar-refractivity contribution in [2.45, 2.75) is 13.8 Å². The molecule has 82 valence electrons. The standard InChI is InChI=1S/C14H14O2/c1-3-5-11-15-13-9-7-8-10-14-16-12-6-4-2/h11-14H2,1-2H3. The smallest absolute Gasteiger partial charge is 0.110 e. The lowest BCUT2D eigenvalue weighted by Crippen LogP contribution is -1.91. The van der Waals surface area contributed by atoms with E-state index in [2.05, 4.69) is 47.4 Å². The van der Waals surface area contributed by atoms with Gasteiger partial charge < -0.3 is 9.47 Å². The lowest BCUT2D eigenvalue weighted by molar-refractivity contribution is 0.204. The molecule has 2 nitrogen and oxygen atoms in total. The van der Waals surface area contributed by atoms with Crippen LogP contribution in [0.2, 0.25) is 0 Å². The summed E-state index contributed by atoms with van der Waals surface area (Å²) in [6, 6.07) is 0. The van der Waals surface area contributed by atoms with Crippen LogP contribution in [0.3, 0.4) is 0 Å². The third-order valence-corrected chi connectivity index (χ3v) is 1.29. The van der Waals surface area contributed by atoms with Crippen molar-refractivity contribution in [3.8, 4) is 47.4 Å². The third kappa shape index (κ3) is 12.2. The van der Waals surface area contributed by atoms with Gasteiger partial charge in [0.15, 0.2) is 0 Å². The van der Waals surface area contributed by atoms with E-state index < -0.39 is 0 Å². The third-order valence-electron chi connectivity index (χ3n) is 1.29. The minimum Gasteiger partial charge on any atom is -0.356 e. The average molecular weight is 214 g/mol. The summed E-state index contributed by atoms with van der Waals surface area (Å²) in [5, 5.41) is 0. The van der Waals surface area contributed by atoms with Crippen LogP contribution in [0.25, 0.3) is 0 Å². The summed E-state index contributed by atoms with van der Waals surface area (Å²) < 4.78 is 10.1. The van der Waals surface area contributed by atoms with Crippen LogP contribution in [-0.4, -0.2) is 26.4 Å². The van der Waals surface area contributed by atoms with Crippen LogP contribution in [0.15, 0.2) is 0 Å². The zero-order chi connectivity index (χ0) is 11.9. The van der Waals surface area contributed by atoms with E-state index in [0.29, 0.717) is 26.4 Å². The first-order valence-electron chi connectivity index (χ1n) is 4.82. The topological polar surface area (TPSA) is 18.5 Å². The van der Waals surface area contributed by atoms with Crippen molar-refractivity contribution in [2.75, 3.05) is 26.4 Å². The van der Waals surface area contributed by atoms with Gasteiger partial charge in [-0.05, 0) is 25.7 Å². The van der Waals surface area contributed by atoms with Gasteiger partial charge in [-0.1, -0.05) is 23.7 Å². The Hall–Kier alpha value is -1.84. The van der Waals surface area contributed by atoms with E-state index in [1.807, 2.05) is 0 Å². The Labute approximate surface area is 97.7 Å². The minimum absolute atomic E-state index is 0.353. The van der Waals surface area contributed by atoms with E-state index in [-0.39, 0.29) is 0 Å². The summed E-state index contributed by atoms with van der Waals surface area (Å²) in [5.74, 6) is 21.8. The minimum atomic E-state index is 0.353. The van der Waals surface area contributed by atoms with Gasteiger partial charge in [0.1, 0.15) is 26.4 Å². The fourth-order valence-corrected chi connectivity index (χ4v) is 0.611. The number of hydrogen-bond donors (Lipinski definition) is 0. The van der Waals surface area contributed by atoms with Gasteiger partial charge in [-0.25, -0.2) is 0 Å². The summed E-state index contributed by atoms with van der Waals surface area (Å²) in [4.78, 5) is 0. The van der Waals surface area contributed by atoms with Gasteiger partial charge in [0.2, 0.25) is 0 Å². The maximum Gasteiger partial charge on any atom is 0.110 e. The molecule has 0 atom stereocenters. The van der Waals surface area contributed by atoms with Crippen molar-refractivity contribution >= 4 is 0 Å². The Bertz CT molecular complexity index is 363. The molecule has 0 aliphatic heterocycles. The SMILES string of the molecule is CC#CCOCC#CC#CCOCC#CC. The normalized spacial score (nSPS) is 6.88. The summed E-state index contributed by atoms with van der Waals surface area (Å²) in [6.07, 6.45) is 0. The molecule has 0 fully saturated rings. The van der Waals surface area contributed by atoms with Gasteiger partial charge in [0.25, 0.3) is 0 Å². The van der Waals surface area contributed by atoms with Gasteiger partial charge in [-0.15, -0.1) is 11.8 Å². The fraction of sp³-hybridized carbons (Fsp3) is 0.429. The second-order valence-electron chi connectivity index (χ2n) is 2.44. The number of ether oxygens (including phenoxy) is 2. The highest BCUT2D eigenvalue weighted by molar-refractivity contribution is 5.26. The zero-order valence-corrected chi connectivity index (χ0v) is 9.64. The maximum atomic E-state index is 5.07. The molecule has 0 saturated carbocycles. The first-order chi connectivity index (χ1) is 7.91. The molecule has 0 aromatic heterocycles. The monoisotopic (exact) mass is 214 g/mol. The highest BCUT2D eigenvalue weighted by Gasteiger charge is 1.76. The van der Waals surface area contributed by atoms with Gasteiger partial charge >= 0.3 is 0 Å². The predicted octanol–water partition coefficient (Wildman–Crippen LogP) is 1.07. The van der Waals surface area contributed by atoms with Crippen molar-refractivity contribution in [1.29, 1.82) is 0 Å². The van der Waals surface area contributed by atoms with Crippen molar-refractivity contribution in [3.63, 3.8) is 0 Å². The van der Waals surface area contributed by atoms with Crippen LogP contribution in [-0.2, 0) is 9.47 Å². The van der Waals surface area contributed by atoms with Gasteiger partial charge in [-0.3, -0.25) is 0 Å². The highest BCUT2D eigenvalue weighted by Crippen LogP contribution is 1.71. The molecule has 0 N–H and O–H groups in total. The summed E-state index contributed by atoms with van der Waals surface area (Å²) in [7, 11) is 0. The van der Waals surface area contributed by atoms with Crippen LogP contribution in [0, 0.1) is 47.4 Å². The van der Waals surface area contributed by atoms with E-state index in [4.69, 9.17) is 9.47 Å². The Morgan fingerprint density at radius 1 is 0.625 bits per heavy atom. The van der Waals surface area contributed by atoms with Crippen molar-refractivity contribution < 1.29 is 9.47 Å². The van der Waals surface area contributed by atoms with Crippen LogP contribution >= 0.6 is 0 Å². The lowest BCUT2D eigenvalue weighted by atomic mass is 10.5. The predicted molar refractivity (Wildman–Crippen MR) is 64.1 cm³/mol. The number of hydrogen-bond acceptors (Lipinski definition) is 2. The Kier molecular flexibility index (Phi) is 11.6. The molecule has 0 aliphatic rings. The molecule has 0 heterocycles. The molecule has 0 bridgehead atoms. The first-order valence-corrected chi connectivity index (χ1v) is 4.82. The second-order valence-corrected chi connectivity index (χ2v) is 2.44. The van der Waals surface area contributed by atoms with E-state index in [9.17, 15) is 0 Å². The fourth-order valence-electron chi connectivity index (χ4n) is 0.611. The van der Waals surface area contributed by atoms with Crippen LogP contribution < -0.4 is 0 Å². The number of rotatable bonds is 4. The molecule has 0 aromatic carbocycles. The largest absolute Gasteiger partial charge is 0.356 e. The molecule has 0 amide bonds. The van der Waals surface area contributed by atoms with Crippen molar-refractivity contribution in [2.24, 2.45) is 0 Å². The highest BCUT2D eigenvalue weighted by atomic mass is 16.5.